The molecule has 2 aromatic carbocycles. The fourth-order valence-corrected chi connectivity index (χ4v) is 3.68. The number of nitro benzene ring substituents is 1. The third kappa shape index (κ3) is 4.96. The van der Waals surface area contributed by atoms with Gasteiger partial charge in [0.1, 0.15) is 5.75 Å². The van der Waals surface area contributed by atoms with Crippen molar-refractivity contribution in [3.63, 3.8) is 0 Å². The van der Waals surface area contributed by atoms with Gasteiger partial charge in [-0.1, -0.05) is 17.7 Å². The van der Waals surface area contributed by atoms with Crippen LogP contribution >= 0.6 is 11.6 Å². The molecule has 1 heterocycles. The zero-order chi connectivity index (χ0) is 21.0. The van der Waals surface area contributed by atoms with Crippen LogP contribution in [0.3, 0.4) is 0 Å². The molecule has 1 fully saturated rings. The number of rotatable bonds is 6. The number of nitro groups is 1. The Morgan fingerprint density at radius 1 is 1.28 bits per heavy atom. The summed E-state index contributed by atoms with van der Waals surface area (Å²) in [6.07, 6.45) is 0. The number of hydrogen-bond acceptors (Lipinski definition) is 5. The van der Waals surface area contributed by atoms with Crippen molar-refractivity contribution in [1.29, 1.82) is 0 Å². The van der Waals surface area contributed by atoms with Crippen molar-refractivity contribution < 1.29 is 19.4 Å². The monoisotopic (exact) mass is 419 g/mol. The quantitative estimate of drug-likeness (QED) is 0.552. The van der Waals surface area contributed by atoms with Crippen LogP contribution in [0.1, 0.15) is 6.92 Å². The number of halogens is 1. The second-order valence-electron chi connectivity index (χ2n) is 6.98. The molecule has 8 nitrogen and oxygen atoms in total. The molecule has 0 bridgehead atoms. The number of ether oxygens (including phenoxy) is 1. The Morgan fingerprint density at radius 3 is 2.62 bits per heavy atom. The number of quaternary nitrogens is 1. The van der Waals surface area contributed by atoms with Crippen LogP contribution in [0.5, 0.6) is 5.75 Å². The molecule has 1 aliphatic rings. The highest BCUT2D eigenvalue weighted by atomic mass is 35.5. The van der Waals surface area contributed by atoms with E-state index in [1.54, 1.807) is 0 Å². The SMILES string of the molecule is COc1ccc([N+](=O)[O-])cc1NC(=O)[C@H](C)[NH+]1CCN(c2cccc(Cl)c2)CC1. The van der Waals surface area contributed by atoms with Crippen molar-refractivity contribution in [3.8, 4) is 5.75 Å². The minimum Gasteiger partial charge on any atom is -0.495 e. The van der Waals surface area contributed by atoms with Gasteiger partial charge in [0.2, 0.25) is 0 Å². The first-order valence-corrected chi connectivity index (χ1v) is 9.75. The van der Waals surface area contributed by atoms with Crippen LogP contribution in [0.15, 0.2) is 42.5 Å². The van der Waals surface area contributed by atoms with E-state index in [4.69, 9.17) is 16.3 Å². The van der Waals surface area contributed by atoms with Crippen LogP contribution in [-0.2, 0) is 4.79 Å². The van der Waals surface area contributed by atoms with Crippen molar-refractivity contribution in [3.05, 3.63) is 57.6 Å². The van der Waals surface area contributed by atoms with Crippen molar-refractivity contribution in [2.24, 2.45) is 0 Å². The van der Waals surface area contributed by atoms with Crippen LogP contribution in [-0.4, -0.2) is 50.2 Å². The largest absolute Gasteiger partial charge is 0.495 e. The second-order valence-corrected chi connectivity index (χ2v) is 7.41. The predicted molar refractivity (Wildman–Crippen MR) is 112 cm³/mol. The molecular weight excluding hydrogens is 396 g/mol. The maximum atomic E-state index is 12.8. The molecule has 0 aromatic heterocycles. The maximum absolute atomic E-state index is 12.8. The first-order chi connectivity index (χ1) is 13.9. The summed E-state index contributed by atoms with van der Waals surface area (Å²) in [5.41, 5.74) is 1.28. The van der Waals surface area contributed by atoms with Gasteiger partial charge in [-0.25, -0.2) is 0 Å². The normalized spacial score (nSPS) is 15.6. The lowest BCUT2D eigenvalue weighted by molar-refractivity contribution is -0.914. The van der Waals surface area contributed by atoms with Gasteiger partial charge in [-0.3, -0.25) is 14.9 Å². The van der Waals surface area contributed by atoms with Crippen LogP contribution < -0.4 is 19.9 Å². The maximum Gasteiger partial charge on any atom is 0.282 e. The Morgan fingerprint density at radius 2 is 2.00 bits per heavy atom. The number of methoxy groups -OCH3 is 1. The van der Waals surface area contributed by atoms with Gasteiger partial charge in [-0.15, -0.1) is 0 Å². The van der Waals surface area contributed by atoms with Gasteiger partial charge in [0.05, 0.1) is 43.9 Å². The predicted octanol–water partition coefficient (Wildman–Crippen LogP) is 1.99. The summed E-state index contributed by atoms with van der Waals surface area (Å²) in [6, 6.07) is 11.6. The summed E-state index contributed by atoms with van der Waals surface area (Å²) < 4.78 is 5.22. The van der Waals surface area contributed by atoms with E-state index in [-0.39, 0.29) is 17.6 Å². The molecular formula is C20H24ClN4O4+. The van der Waals surface area contributed by atoms with Crippen molar-refractivity contribution in [2.75, 3.05) is 43.5 Å². The number of anilines is 2. The standard InChI is InChI=1S/C20H23ClN4O4/c1-14(20(26)22-18-13-17(25(27)28)6-7-19(18)29-2)23-8-10-24(11-9-23)16-5-3-4-15(21)12-16/h3-7,12-14H,8-11H2,1-2H3,(H,22,26)/p+1/t14-/m0/s1. The summed E-state index contributed by atoms with van der Waals surface area (Å²) >= 11 is 6.08. The van der Waals surface area contributed by atoms with Gasteiger partial charge in [0, 0.05) is 22.8 Å². The molecule has 1 amide bonds. The highest BCUT2D eigenvalue weighted by Gasteiger charge is 2.30. The smallest absolute Gasteiger partial charge is 0.282 e. The summed E-state index contributed by atoms with van der Waals surface area (Å²) in [7, 11) is 1.46. The number of nitrogens with zero attached hydrogens (tertiary/aromatic N) is 2. The van der Waals surface area contributed by atoms with Gasteiger partial charge in [-0.2, -0.15) is 0 Å². The highest BCUT2D eigenvalue weighted by molar-refractivity contribution is 6.30. The molecule has 1 aliphatic heterocycles. The lowest BCUT2D eigenvalue weighted by atomic mass is 10.2. The third-order valence-corrected chi connectivity index (χ3v) is 5.47. The zero-order valence-electron chi connectivity index (χ0n) is 16.4. The summed E-state index contributed by atoms with van der Waals surface area (Å²) in [5, 5.41) is 14.5. The van der Waals surface area contributed by atoms with E-state index in [1.165, 1.54) is 25.3 Å². The molecule has 9 heteroatoms. The van der Waals surface area contributed by atoms with Gasteiger partial charge in [-0.05, 0) is 31.2 Å². The molecule has 29 heavy (non-hydrogen) atoms. The number of benzene rings is 2. The highest BCUT2D eigenvalue weighted by Crippen LogP contribution is 2.28. The molecule has 0 aliphatic carbocycles. The topological polar surface area (TPSA) is 89.1 Å². The number of amides is 1. The minimum atomic E-state index is -0.501. The fourth-order valence-electron chi connectivity index (χ4n) is 3.49. The van der Waals surface area contributed by atoms with E-state index in [1.807, 2.05) is 31.2 Å². The van der Waals surface area contributed by atoms with E-state index in [9.17, 15) is 14.9 Å². The van der Waals surface area contributed by atoms with Crippen molar-refractivity contribution in [2.45, 2.75) is 13.0 Å². The Kier molecular flexibility index (Phi) is 6.56. The number of nitrogens with one attached hydrogen (secondary N) is 2. The van der Waals surface area contributed by atoms with Crippen LogP contribution in [0.25, 0.3) is 0 Å². The van der Waals surface area contributed by atoms with Crippen LogP contribution in [0.2, 0.25) is 5.02 Å². The average Bonchev–Trinajstić information content (AvgIpc) is 2.73. The van der Waals surface area contributed by atoms with E-state index >= 15 is 0 Å². The van der Waals surface area contributed by atoms with Crippen LogP contribution in [0.4, 0.5) is 17.1 Å². The summed E-state index contributed by atoms with van der Waals surface area (Å²) in [5.74, 6) is 0.187. The number of hydrogen-bond donors (Lipinski definition) is 2. The van der Waals surface area contributed by atoms with Gasteiger partial charge in [0.15, 0.2) is 6.04 Å². The first-order valence-electron chi connectivity index (χ1n) is 9.37. The number of carbonyl (C=O) groups is 1. The molecule has 1 saturated heterocycles. The number of non-ortho nitro benzene ring substituents is 1. The van der Waals surface area contributed by atoms with Gasteiger partial charge < -0.3 is 19.9 Å². The lowest BCUT2D eigenvalue weighted by Gasteiger charge is -2.36. The molecule has 3 rings (SSSR count). The van der Waals surface area contributed by atoms with E-state index in [0.717, 1.165) is 36.8 Å². The zero-order valence-corrected chi connectivity index (χ0v) is 17.1. The minimum absolute atomic E-state index is 0.101. The molecule has 2 N–H and O–H groups in total. The van der Waals surface area contributed by atoms with E-state index in [2.05, 4.69) is 10.2 Å². The molecule has 0 unspecified atom stereocenters. The molecule has 0 saturated carbocycles. The Labute approximate surface area is 174 Å². The molecule has 154 valence electrons. The lowest BCUT2D eigenvalue weighted by Crippen LogP contribution is -3.19. The Hall–Kier alpha value is -2.84. The van der Waals surface area contributed by atoms with Crippen molar-refractivity contribution >= 4 is 34.6 Å². The second kappa shape index (κ2) is 9.11. The fraction of sp³-hybridized carbons (Fsp3) is 0.350. The van der Waals surface area contributed by atoms with Gasteiger partial charge in [0.25, 0.3) is 11.6 Å². The summed E-state index contributed by atoms with van der Waals surface area (Å²) in [6.45, 7) is 5.09. The number of carbonyl (C=O) groups excluding carboxylic acids is 1. The molecule has 1 atom stereocenters. The average molecular weight is 420 g/mol. The Bertz CT molecular complexity index is 900. The first kappa shape index (κ1) is 20.9. The molecule has 2 aromatic rings. The molecule has 0 radical (unpaired) electrons. The van der Waals surface area contributed by atoms with E-state index < -0.39 is 4.92 Å². The van der Waals surface area contributed by atoms with E-state index in [0.29, 0.717) is 16.5 Å². The van der Waals surface area contributed by atoms with Gasteiger partial charge >= 0.3 is 0 Å². The number of piperazine rings is 1. The Balaban J connectivity index is 1.63. The molecule has 0 spiro atoms. The van der Waals surface area contributed by atoms with Crippen molar-refractivity contribution in [1.82, 2.24) is 0 Å². The summed E-state index contributed by atoms with van der Waals surface area (Å²) in [4.78, 5) is 26.7. The third-order valence-electron chi connectivity index (χ3n) is 5.24. The van der Waals surface area contributed by atoms with Crippen LogP contribution in [0, 0.1) is 10.1 Å².